The van der Waals surface area contributed by atoms with E-state index in [4.69, 9.17) is 0 Å². The monoisotopic (exact) mass is 253 g/mol. The van der Waals surface area contributed by atoms with E-state index in [0.29, 0.717) is 5.92 Å². The molecule has 5 heteroatoms. The molecular weight excluding hydrogens is 233 g/mol. The summed E-state index contributed by atoms with van der Waals surface area (Å²) >= 11 is 0. The molecule has 3 nitrogen and oxygen atoms in total. The number of halogens is 2. The van der Waals surface area contributed by atoms with Gasteiger partial charge in [-0.2, -0.15) is 0 Å². The molecular formula is C10H21Cl2N3. The molecule has 0 unspecified atom stereocenters. The molecule has 0 aliphatic heterocycles. The van der Waals surface area contributed by atoms with E-state index in [1.807, 2.05) is 18.7 Å². The van der Waals surface area contributed by atoms with Crippen LogP contribution in [0.4, 0.5) is 0 Å². The van der Waals surface area contributed by atoms with Crippen molar-refractivity contribution in [2.24, 2.45) is 5.92 Å². The van der Waals surface area contributed by atoms with E-state index >= 15 is 0 Å². The van der Waals surface area contributed by atoms with Gasteiger partial charge in [-0.15, -0.1) is 24.8 Å². The molecule has 0 aromatic carbocycles. The van der Waals surface area contributed by atoms with Crippen LogP contribution < -0.4 is 5.01 Å². The van der Waals surface area contributed by atoms with Gasteiger partial charge in [-0.3, -0.25) is 4.68 Å². The highest BCUT2D eigenvalue weighted by molar-refractivity contribution is 5.85. The van der Waals surface area contributed by atoms with Gasteiger partial charge >= 0.3 is 0 Å². The summed E-state index contributed by atoms with van der Waals surface area (Å²) in [6, 6.07) is 0. The van der Waals surface area contributed by atoms with Gasteiger partial charge in [0.2, 0.25) is 0 Å². The lowest BCUT2D eigenvalue weighted by molar-refractivity contribution is 0.502. The second kappa shape index (κ2) is 8.86. The molecule has 1 heterocycles. The second-order valence-corrected chi connectivity index (χ2v) is 3.75. The van der Waals surface area contributed by atoms with Crippen molar-refractivity contribution >= 4 is 24.8 Å². The molecule has 0 bridgehead atoms. The summed E-state index contributed by atoms with van der Waals surface area (Å²) in [5.74, 6) is 0.689. The molecule has 0 radical (unpaired) electrons. The predicted molar refractivity (Wildman–Crippen MR) is 69.8 cm³/mol. The van der Waals surface area contributed by atoms with Gasteiger partial charge in [0.05, 0.1) is 0 Å². The van der Waals surface area contributed by atoms with Crippen LogP contribution in [0.5, 0.6) is 0 Å². The fraction of sp³-hybridized carbons (Fsp3) is 0.700. The molecule has 0 aliphatic rings. The van der Waals surface area contributed by atoms with Crippen LogP contribution in [0.1, 0.15) is 27.2 Å². The average Bonchev–Trinajstić information content (AvgIpc) is 2.54. The number of rotatable bonds is 5. The minimum absolute atomic E-state index is 0. The zero-order chi connectivity index (χ0) is 9.68. The Morgan fingerprint density at radius 3 is 2.40 bits per heavy atom. The zero-order valence-electron chi connectivity index (χ0n) is 9.59. The fourth-order valence-corrected chi connectivity index (χ4v) is 1.40. The first-order valence-corrected chi connectivity index (χ1v) is 4.97. The molecule has 0 amide bonds. The van der Waals surface area contributed by atoms with Gasteiger partial charge in [0, 0.05) is 25.5 Å². The molecule has 0 fully saturated rings. The van der Waals surface area contributed by atoms with Crippen LogP contribution in [0.25, 0.3) is 0 Å². The summed E-state index contributed by atoms with van der Waals surface area (Å²) in [7, 11) is 0. The lowest BCUT2D eigenvalue weighted by Gasteiger charge is -2.26. The van der Waals surface area contributed by atoms with Crippen molar-refractivity contribution in [2.75, 3.05) is 18.1 Å². The number of hydrogen-bond acceptors (Lipinski definition) is 2. The molecule has 90 valence electrons. The summed E-state index contributed by atoms with van der Waals surface area (Å²) < 4.78 is 2.07. The number of imidazole rings is 1. The third kappa shape index (κ3) is 5.90. The third-order valence-corrected chi connectivity index (χ3v) is 1.87. The van der Waals surface area contributed by atoms with Gasteiger partial charge < -0.3 is 5.01 Å². The van der Waals surface area contributed by atoms with Crippen molar-refractivity contribution in [3.63, 3.8) is 0 Å². The minimum Gasteiger partial charge on any atom is -0.312 e. The summed E-state index contributed by atoms with van der Waals surface area (Å²) in [6.07, 6.45) is 6.85. The Bertz CT molecular complexity index is 225. The average molecular weight is 254 g/mol. The van der Waals surface area contributed by atoms with Crippen LogP contribution in [-0.4, -0.2) is 22.7 Å². The van der Waals surface area contributed by atoms with Crippen LogP contribution in [0.3, 0.4) is 0 Å². The van der Waals surface area contributed by atoms with Gasteiger partial charge in [0.15, 0.2) is 0 Å². The Labute approximate surface area is 105 Å². The first-order chi connectivity index (χ1) is 6.24. The van der Waals surface area contributed by atoms with E-state index in [1.165, 1.54) is 6.42 Å². The third-order valence-electron chi connectivity index (χ3n) is 1.87. The molecule has 0 saturated heterocycles. The SMILES string of the molecule is CCCN(CC(C)C)n1ccnc1.Cl.Cl. The van der Waals surface area contributed by atoms with E-state index < -0.39 is 0 Å². The molecule has 0 N–H and O–H groups in total. The number of nitrogens with zero attached hydrogens (tertiary/aromatic N) is 3. The van der Waals surface area contributed by atoms with Crippen molar-refractivity contribution in [3.05, 3.63) is 18.7 Å². The molecule has 1 aromatic rings. The molecule has 0 atom stereocenters. The molecule has 15 heavy (non-hydrogen) atoms. The lowest BCUT2D eigenvalue weighted by Crippen LogP contribution is -2.37. The quantitative estimate of drug-likeness (QED) is 0.805. The number of aromatic nitrogens is 2. The summed E-state index contributed by atoms with van der Waals surface area (Å²) in [5.41, 5.74) is 0. The molecule has 1 rings (SSSR count). The van der Waals surface area contributed by atoms with E-state index in [2.05, 4.69) is 35.4 Å². The highest BCUT2D eigenvalue weighted by atomic mass is 35.5. The maximum absolute atomic E-state index is 4.05. The van der Waals surface area contributed by atoms with E-state index in [9.17, 15) is 0 Å². The minimum atomic E-state index is 0. The standard InChI is InChI=1S/C10H19N3.2ClH/c1-4-6-12(8-10(2)3)13-7-5-11-9-13;;/h5,7,9-10H,4,6,8H2,1-3H3;2*1H. The van der Waals surface area contributed by atoms with Gasteiger partial charge in [-0.05, 0) is 12.3 Å². The van der Waals surface area contributed by atoms with Gasteiger partial charge in [-0.1, -0.05) is 20.8 Å². The highest BCUT2D eigenvalue weighted by Gasteiger charge is 2.05. The van der Waals surface area contributed by atoms with Gasteiger partial charge in [0.1, 0.15) is 6.33 Å². The summed E-state index contributed by atoms with van der Waals surface area (Å²) in [5, 5.41) is 2.32. The highest BCUT2D eigenvalue weighted by Crippen LogP contribution is 1.99. The maximum Gasteiger partial charge on any atom is 0.114 e. The summed E-state index contributed by atoms with van der Waals surface area (Å²) in [6.45, 7) is 8.85. The Hall–Kier alpha value is -0.410. The summed E-state index contributed by atoms with van der Waals surface area (Å²) in [4.78, 5) is 4.05. The van der Waals surface area contributed by atoms with E-state index in [-0.39, 0.29) is 24.8 Å². The Morgan fingerprint density at radius 2 is 2.00 bits per heavy atom. The van der Waals surface area contributed by atoms with E-state index in [1.54, 1.807) is 0 Å². The largest absolute Gasteiger partial charge is 0.312 e. The second-order valence-electron chi connectivity index (χ2n) is 3.75. The van der Waals surface area contributed by atoms with Gasteiger partial charge in [0.25, 0.3) is 0 Å². The van der Waals surface area contributed by atoms with Crippen molar-refractivity contribution in [2.45, 2.75) is 27.2 Å². The van der Waals surface area contributed by atoms with Crippen LogP contribution in [0.2, 0.25) is 0 Å². The Kier molecular flexibility index (Phi) is 10.0. The van der Waals surface area contributed by atoms with Crippen molar-refractivity contribution in [1.29, 1.82) is 0 Å². The van der Waals surface area contributed by atoms with Crippen LogP contribution in [0, 0.1) is 5.92 Å². The first kappa shape index (κ1) is 17.0. The van der Waals surface area contributed by atoms with Crippen molar-refractivity contribution in [1.82, 2.24) is 9.66 Å². The topological polar surface area (TPSA) is 21.1 Å². The maximum atomic E-state index is 4.05. The normalized spacial score (nSPS) is 9.33. The smallest absolute Gasteiger partial charge is 0.114 e. The van der Waals surface area contributed by atoms with Gasteiger partial charge in [-0.25, -0.2) is 4.98 Å². The zero-order valence-corrected chi connectivity index (χ0v) is 11.2. The Morgan fingerprint density at radius 1 is 1.33 bits per heavy atom. The molecule has 0 aliphatic carbocycles. The van der Waals surface area contributed by atoms with Crippen LogP contribution in [-0.2, 0) is 0 Å². The molecule has 0 spiro atoms. The first-order valence-electron chi connectivity index (χ1n) is 4.97. The van der Waals surface area contributed by atoms with Crippen molar-refractivity contribution in [3.8, 4) is 0 Å². The van der Waals surface area contributed by atoms with E-state index in [0.717, 1.165) is 13.1 Å². The van der Waals surface area contributed by atoms with Crippen LogP contribution in [0.15, 0.2) is 18.7 Å². The predicted octanol–water partition coefficient (Wildman–Crippen LogP) is 2.73. The number of hydrogen-bond donors (Lipinski definition) is 0. The molecule has 1 aromatic heterocycles. The van der Waals surface area contributed by atoms with Crippen molar-refractivity contribution < 1.29 is 0 Å². The van der Waals surface area contributed by atoms with Crippen LogP contribution >= 0.6 is 24.8 Å². The molecule has 0 saturated carbocycles. The Balaban J connectivity index is 0. The fourth-order valence-electron chi connectivity index (χ4n) is 1.40. The lowest BCUT2D eigenvalue weighted by atomic mass is 10.2.